The second-order valence-corrected chi connectivity index (χ2v) is 9.08. The van der Waals surface area contributed by atoms with Gasteiger partial charge in [-0.2, -0.15) is 0 Å². The zero-order valence-corrected chi connectivity index (χ0v) is 23.1. The second-order valence-electron chi connectivity index (χ2n) is 9.08. The molecule has 0 aliphatic rings. The fourth-order valence-electron chi connectivity index (χ4n) is 4.89. The van der Waals surface area contributed by atoms with Crippen LogP contribution in [0.3, 0.4) is 0 Å². The molecule has 0 atom stereocenters. The van der Waals surface area contributed by atoms with E-state index < -0.39 is 11.5 Å². The number of ether oxygens (including phenoxy) is 1. The predicted octanol–water partition coefficient (Wildman–Crippen LogP) is 6.37. The lowest BCUT2D eigenvalue weighted by atomic mass is 9.76. The van der Waals surface area contributed by atoms with E-state index in [-0.39, 0.29) is 0 Å². The molecule has 4 N–H and O–H groups in total. The number of carbonyl (C=O) groups excluding carboxylic acids is 1. The first-order valence-corrected chi connectivity index (χ1v) is 13.0. The van der Waals surface area contributed by atoms with E-state index >= 15 is 0 Å². The minimum absolute atomic E-state index is 0.306. The molecule has 0 fully saturated rings. The average molecular weight is 544 g/mol. The van der Waals surface area contributed by atoms with E-state index in [1.165, 1.54) is 13.2 Å². The Morgan fingerprint density at radius 1 is 0.927 bits per heavy atom. The van der Waals surface area contributed by atoms with Crippen LogP contribution in [-0.2, 0) is 10.3 Å². The Hall–Kier alpha value is -5.43. The highest BCUT2D eigenvalue weighted by Crippen LogP contribution is 2.41. The number of carbonyl (C=O) groups is 1. The van der Waals surface area contributed by atoms with Crippen molar-refractivity contribution in [2.45, 2.75) is 5.54 Å². The normalized spacial score (nSPS) is 10.6. The van der Waals surface area contributed by atoms with Crippen LogP contribution in [0.4, 0.5) is 11.6 Å². The number of nitrogens with one attached hydrogen (secondary N) is 2. The van der Waals surface area contributed by atoms with Crippen molar-refractivity contribution in [1.29, 1.82) is 5.41 Å². The Labute approximate surface area is 240 Å². The maximum Gasteiger partial charge on any atom is 0.337 e. The van der Waals surface area contributed by atoms with E-state index in [9.17, 15) is 4.79 Å². The lowest BCUT2D eigenvalue weighted by Crippen LogP contribution is -2.38. The summed E-state index contributed by atoms with van der Waals surface area (Å²) >= 11 is 0. The maximum atomic E-state index is 11.3. The number of rotatable bonds is 8. The van der Waals surface area contributed by atoms with Crippen LogP contribution < -0.4 is 11.1 Å². The quantitative estimate of drug-likeness (QED) is 0.120. The van der Waals surface area contributed by atoms with E-state index in [2.05, 4.69) is 94.4 Å². The number of nitrogens with two attached hydrogens (primary N) is 1. The number of hydrogen-bond acceptors (Lipinski definition) is 6. The first-order valence-electron chi connectivity index (χ1n) is 13.0. The van der Waals surface area contributed by atoms with Crippen molar-refractivity contribution >= 4 is 23.3 Å². The Bertz CT molecular complexity index is 1520. The van der Waals surface area contributed by atoms with Gasteiger partial charge in [-0.05, 0) is 41.0 Å². The van der Waals surface area contributed by atoms with Gasteiger partial charge in [0.05, 0.1) is 18.4 Å². The van der Waals surface area contributed by atoms with E-state index in [0.29, 0.717) is 28.5 Å². The number of nitrogen functional groups attached to an aromatic ring is 1. The number of nitrogens with zero attached hydrogens (tertiary/aromatic N) is 2. The van der Waals surface area contributed by atoms with Gasteiger partial charge >= 0.3 is 5.97 Å². The summed E-state index contributed by atoms with van der Waals surface area (Å²) in [6, 6.07) is 36.2. The second kappa shape index (κ2) is 13.1. The predicted molar refractivity (Wildman–Crippen MR) is 166 cm³/mol. The molecular weight excluding hydrogens is 510 g/mol. The smallest absolute Gasteiger partial charge is 0.337 e. The van der Waals surface area contributed by atoms with Gasteiger partial charge in [0.2, 0.25) is 5.95 Å². The maximum absolute atomic E-state index is 11.3. The lowest BCUT2D eigenvalue weighted by molar-refractivity contribution is 0.0601. The van der Waals surface area contributed by atoms with E-state index in [4.69, 9.17) is 11.1 Å². The number of esters is 1. The lowest BCUT2D eigenvalue weighted by Gasteiger charge is -2.37. The Kier molecular flexibility index (Phi) is 9.12. The van der Waals surface area contributed by atoms with E-state index in [0.717, 1.165) is 16.7 Å². The first-order chi connectivity index (χ1) is 20.0. The monoisotopic (exact) mass is 543 g/mol. The van der Waals surface area contributed by atoms with Crippen LogP contribution in [0.1, 0.15) is 32.6 Å². The van der Waals surface area contributed by atoms with Crippen LogP contribution >= 0.6 is 0 Å². The number of aromatic nitrogens is 2. The molecule has 0 saturated heterocycles. The van der Waals surface area contributed by atoms with Gasteiger partial charge in [-0.3, -0.25) is 4.57 Å². The molecule has 0 amide bonds. The highest BCUT2D eigenvalue weighted by atomic mass is 16.5. The van der Waals surface area contributed by atoms with Gasteiger partial charge in [-0.25, -0.2) is 9.78 Å². The van der Waals surface area contributed by atoms with Crippen molar-refractivity contribution in [2.75, 3.05) is 25.2 Å². The van der Waals surface area contributed by atoms with E-state index in [1.54, 1.807) is 31.4 Å². The molecule has 5 rings (SSSR count). The summed E-state index contributed by atoms with van der Waals surface area (Å²) in [5.74, 6) is 0.0877. The standard InChI is InChI=1S/C22H19N3.C12H14N2O2/c23-21-24-16-17-25(21)22(18-10-4-1-5-11-18,19-12-6-2-7-13-19)20-14-8-3-9-15-20;1-4-10(13)9-6-5-8(12(15)16-3)7-11(9)14-2/h1-17H,(H2,23,24);4-7,13-14H,1H2,2-3H3. The van der Waals surface area contributed by atoms with Gasteiger partial charge in [-0.15, -0.1) is 0 Å². The van der Waals surface area contributed by atoms with Crippen molar-refractivity contribution in [1.82, 2.24) is 9.55 Å². The molecule has 206 valence electrons. The number of imidazole rings is 1. The number of allylic oxidation sites excluding steroid dienone is 1. The highest BCUT2D eigenvalue weighted by molar-refractivity contribution is 6.10. The molecule has 0 bridgehead atoms. The summed E-state index contributed by atoms with van der Waals surface area (Å²) in [5.41, 5.74) is 11.3. The largest absolute Gasteiger partial charge is 0.465 e. The molecule has 4 aromatic carbocycles. The third-order valence-electron chi connectivity index (χ3n) is 6.81. The summed E-state index contributed by atoms with van der Waals surface area (Å²) in [4.78, 5) is 15.6. The number of benzene rings is 4. The van der Waals surface area contributed by atoms with Crippen LogP contribution in [0.25, 0.3) is 0 Å². The minimum atomic E-state index is -0.579. The number of methoxy groups -OCH3 is 1. The van der Waals surface area contributed by atoms with Crippen LogP contribution in [-0.4, -0.2) is 35.4 Å². The molecule has 0 saturated carbocycles. The van der Waals surface area contributed by atoms with Gasteiger partial charge < -0.3 is 21.2 Å². The van der Waals surface area contributed by atoms with Crippen LogP contribution in [0.5, 0.6) is 0 Å². The topological polar surface area (TPSA) is 106 Å². The van der Waals surface area contributed by atoms with Crippen LogP contribution in [0.2, 0.25) is 0 Å². The van der Waals surface area contributed by atoms with Gasteiger partial charge in [0.1, 0.15) is 5.54 Å². The summed E-state index contributed by atoms with van der Waals surface area (Å²) in [5, 5.41) is 10.6. The minimum Gasteiger partial charge on any atom is -0.465 e. The molecule has 0 unspecified atom stereocenters. The van der Waals surface area contributed by atoms with Gasteiger partial charge in [0.25, 0.3) is 0 Å². The van der Waals surface area contributed by atoms with Crippen molar-refractivity contribution in [3.8, 4) is 0 Å². The average Bonchev–Trinajstić information content (AvgIpc) is 3.48. The number of anilines is 2. The molecule has 0 spiro atoms. The zero-order chi connectivity index (χ0) is 29.2. The molecule has 7 heteroatoms. The van der Waals surface area contributed by atoms with Crippen LogP contribution in [0, 0.1) is 5.41 Å². The molecule has 1 heterocycles. The highest BCUT2D eigenvalue weighted by Gasteiger charge is 2.39. The van der Waals surface area contributed by atoms with E-state index in [1.807, 2.05) is 29.0 Å². The molecule has 5 aromatic rings. The van der Waals surface area contributed by atoms with Crippen molar-refractivity contribution < 1.29 is 9.53 Å². The van der Waals surface area contributed by atoms with Gasteiger partial charge in [0, 0.05) is 30.7 Å². The molecule has 1 aromatic heterocycles. The zero-order valence-electron chi connectivity index (χ0n) is 23.1. The van der Waals surface area contributed by atoms with Crippen molar-refractivity contribution in [3.05, 3.63) is 162 Å². The fraction of sp³-hybridized carbons (Fsp3) is 0.0882. The molecule has 0 radical (unpaired) electrons. The molecule has 0 aliphatic carbocycles. The van der Waals surface area contributed by atoms with Crippen molar-refractivity contribution in [2.24, 2.45) is 0 Å². The van der Waals surface area contributed by atoms with Crippen molar-refractivity contribution in [3.63, 3.8) is 0 Å². The van der Waals surface area contributed by atoms with Crippen LogP contribution in [0.15, 0.2) is 134 Å². The summed E-state index contributed by atoms with van der Waals surface area (Å²) in [6.45, 7) is 3.54. The third-order valence-corrected chi connectivity index (χ3v) is 6.81. The SMILES string of the molecule is C=CC(=N)c1ccc(C(=O)OC)cc1NC.Nc1nccn1C(c1ccccc1)(c1ccccc1)c1ccccc1. The fourth-order valence-corrected chi connectivity index (χ4v) is 4.89. The van der Waals surface area contributed by atoms with Gasteiger partial charge in [-0.1, -0.05) is 97.6 Å². The third kappa shape index (κ3) is 5.79. The molecule has 41 heavy (non-hydrogen) atoms. The summed E-state index contributed by atoms with van der Waals surface area (Å²) in [6.07, 6.45) is 5.15. The summed E-state index contributed by atoms with van der Waals surface area (Å²) in [7, 11) is 3.07. The molecular formula is C34H33N5O2. The summed E-state index contributed by atoms with van der Waals surface area (Å²) < 4.78 is 6.67. The Morgan fingerprint density at radius 2 is 1.44 bits per heavy atom. The molecule has 0 aliphatic heterocycles. The Balaban J connectivity index is 0.000000210. The first kappa shape index (κ1) is 28.6. The molecule has 7 nitrogen and oxygen atoms in total. The van der Waals surface area contributed by atoms with Gasteiger partial charge in [0.15, 0.2) is 0 Å². The number of hydrogen-bond donors (Lipinski definition) is 3. The Morgan fingerprint density at radius 3 is 1.83 bits per heavy atom.